The second-order valence-electron chi connectivity index (χ2n) is 4.51. The number of hydrogen-bond donors (Lipinski definition) is 2. The lowest BCUT2D eigenvalue weighted by molar-refractivity contribution is 0.255. The number of rotatable bonds is 3. The largest absolute Gasteiger partial charge is 0.323 e. The van der Waals surface area contributed by atoms with Gasteiger partial charge in [-0.1, -0.05) is 24.3 Å². The Hall–Kier alpha value is -2.76. The van der Waals surface area contributed by atoms with Crippen LogP contribution in [0.15, 0.2) is 42.6 Å². The molecule has 2 aromatic carbocycles. The Morgan fingerprint density at radius 2 is 1.77 bits per heavy atom. The summed E-state index contributed by atoms with van der Waals surface area (Å²) in [4.78, 5) is 11.6. The first-order chi connectivity index (χ1) is 10.5. The SMILES string of the molecule is Cc1ccccc1/C=C/NC(=O)Nc1ccc(F)c(F)c1F. The summed E-state index contributed by atoms with van der Waals surface area (Å²) in [6.45, 7) is 1.91. The fourth-order valence-electron chi connectivity index (χ4n) is 1.76. The predicted molar refractivity (Wildman–Crippen MR) is 78.7 cm³/mol. The summed E-state index contributed by atoms with van der Waals surface area (Å²) >= 11 is 0. The van der Waals surface area contributed by atoms with Gasteiger partial charge in [0.05, 0.1) is 5.69 Å². The maximum atomic E-state index is 13.4. The first-order valence-corrected chi connectivity index (χ1v) is 6.42. The molecule has 0 spiro atoms. The van der Waals surface area contributed by atoms with Crippen LogP contribution in [-0.2, 0) is 0 Å². The zero-order valence-corrected chi connectivity index (χ0v) is 11.7. The van der Waals surface area contributed by atoms with E-state index in [2.05, 4.69) is 10.6 Å². The van der Waals surface area contributed by atoms with Gasteiger partial charge < -0.3 is 10.6 Å². The Bertz CT molecular complexity index is 729. The molecule has 0 unspecified atom stereocenters. The van der Waals surface area contributed by atoms with Gasteiger partial charge in [-0.05, 0) is 36.3 Å². The summed E-state index contributed by atoms with van der Waals surface area (Å²) in [6.07, 6.45) is 3.03. The lowest BCUT2D eigenvalue weighted by Gasteiger charge is -2.07. The average Bonchev–Trinajstić information content (AvgIpc) is 2.50. The Labute approximate surface area is 125 Å². The van der Waals surface area contributed by atoms with E-state index in [9.17, 15) is 18.0 Å². The number of hydrogen-bond acceptors (Lipinski definition) is 1. The highest BCUT2D eigenvalue weighted by atomic mass is 19.2. The van der Waals surface area contributed by atoms with Gasteiger partial charge in [-0.15, -0.1) is 0 Å². The van der Waals surface area contributed by atoms with E-state index in [4.69, 9.17) is 0 Å². The van der Waals surface area contributed by atoms with Crippen LogP contribution in [0.4, 0.5) is 23.7 Å². The van der Waals surface area contributed by atoms with Crippen molar-refractivity contribution in [2.45, 2.75) is 6.92 Å². The molecular weight excluding hydrogens is 293 g/mol. The molecule has 0 fully saturated rings. The summed E-state index contributed by atoms with van der Waals surface area (Å²) in [7, 11) is 0. The van der Waals surface area contributed by atoms with Gasteiger partial charge in [0, 0.05) is 6.20 Å². The normalized spacial score (nSPS) is 10.7. The van der Waals surface area contributed by atoms with Crippen molar-refractivity contribution < 1.29 is 18.0 Å². The summed E-state index contributed by atoms with van der Waals surface area (Å²) in [5.74, 6) is -4.39. The topological polar surface area (TPSA) is 41.1 Å². The van der Waals surface area contributed by atoms with E-state index < -0.39 is 29.2 Å². The van der Waals surface area contributed by atoms with Gasteiger partial charge in [-0.25, -0.2) is 18.0 Å². The molecule has 22 heavy (non-hydrogen) atoms. The maximum absolute atomic E-state index is 13.4. The van der Waals surface area contributed by atoms with Crippen molar-refractivity contribution >= 4 is 17.8 Å². The van der Waals surface area contributed by atoms with Gasteiger partial charge in [-0.2, -0.15) is 0 Å². The third-order valence-corrected chi connectivity index (χ3v) is 2.95. The molecule has 0 saturated carbocycles. The highest BCUT2D eigenvalue weighted by Crippen LogP contribution is 2.19. The summed E-state index contributed by atoms with van der Waals surface area (Å²) in [6, 6.07) is 8.42. The molecule has 0 aliphatic carbocycles. The molecule has 0 radical (unpaired) electrons. The molecule has 2 rings (SSSR count). The zero-order valence-electron chi connectivity index (χ0n) is 11.7. The molecule has 3 nitrogen and oxygen atoms in total. The van der Waals surface area contributed by atoms with E-state index in [1.807, 2.05) is 31.2 Å². The van der Waals surface area contributed by atoms with Crippen LogP contribution in [0.3, 0.4) is 0 Å². The van der Waals surface area contributed by atoms with Crippen LogP contribution in [0, 0.1) is 24.4 Å². The minimum atomic E-state index is -1.63. The van der Waals surface area contributed by atoms with Crippen LogP contribution < -0.4 is 10.6 Å². The number of aryl methyl sites for hydroxylation is 1. The Morgan fingerprint density at radius 3 is 2.50 bits per heavy atom. The average molecular weight is 306 g/mol. The molecule has 6 heteroatoms. The van der Waals surface area contributed by atoms with E-state index in [1.165, 1.54) is 6.20 Å². The molecule has 2 amide bonds. The zero-order chi connectivity index (χ0) is 16.1. The summed E-state index contributed by atoms with van der Waals surface area (Å²) in [5, 5.41) is 4.45. The van der Waals surface area contributed by atoms with Crippen LogP contribution in [-0.4, -0.2) is 6.03 Å². The Kier molecular flexibility index (Phi) is 4.83. The molecule has 0 aromatic heterocycles. The smallest absolute Gasteiger partial charge is 0.314 e. The van der Waals surface area contributed by atoms with Gasteiger partial charge >= 0.3 is 6.03 Å². The molecule has 2 N–H and O–H groups in total. The first kappa shape index (κ1) is 15.6. The second-order valence-corrected chi connectivity index (χ2v) is 4.51. The third kappa shape index (κ3) is 3.66. The van der Waals surface area contributed by atoms with Crippen molar-refractivity contribution in [1.82, 2.24) is 5.32 Å². The molecule has 0 aliphatic rings. The van der Waals surface area contributed by atoms with Crippen LogP contribution in [0.1, 0.15) is 11.1 Å². The fourth-order valence-corrected chi connectivity index (χ4v) is 1.76. The van der Waals surface area contributed by atoms with Crippen molar-refractivity contribution in [3.63, 3.8) is 0 Å². The quantitative estimate of drug-likeness (QED) is 0.820. The predicted octanol–water partition coefficient (Wildman–Crippen LogP) is 4.20. The van der Waals surface area contributed by atoms with Gasteiger partial charge in [0.2, 0.25) is 0 Å². The van der Waals surface area contributed by atoms with Gasteiger partial charge in [-0.3, -0.25) is 0 Å². The highest BCUT2D eigenvalue weighted by Gasteiger charge is 2.14. The minimum Gasteiger partial charge on any atom is -0.314 e. The molecular formula is C16H13F3N2O. The van der Waals surface area contributed by atoms with E-state index in [0.717, 1.165) is 23.3 Å². The molecule has 0 saturated heterocycles. The Morgan fingerprint density at radius 1 is 1.05 bits per heavy atom. The number of nitrogens with one attached hydrogen (secondary N) is 2. The lowest BCUT2D eigenvalue weighted by Crippen LogP contribution is -2.24. The van der Waals surface area contributed by atoms with Crippen molar-refractivity contribution in [3.8, 4) is 0 Å². The van der Waals surface area contributed by atoms with Crippen molar-refractivity contribution in [3.05, 3.63) is 71.2 Å². The van der Waals surface area contributed by atoms with E-state index in [0.29, 0.717) is 0 Å². The number of halogens is 3. The maximum Gasteiger partial charge on any atom is 0.323 e. The van der Waals surface area contributed by atoms with Crippen LogP contribution in [0.5, 0.6) is 0 Å². The minimum absolute atomic E-state index is 0.444. The van der Waals surface area contributed by atoms with Gasteiger partial charge in [0.1, 0.15) is 0 Å². The number of carbonyl (C=O) groups is 1. The van der Waals surface area contributed by atoms with Crippen LogP contribution in [0.2, 0.25) is 0 Å². The Balaban J connectivity index is 1.99. The standard InChI is InChI=1S/C16H13F3N2O/c1-10-4-2-3-5-11(10)8-9-20-16(22)21-13-7-6-12(17)14(18)15(13)19/h2-9H,1H3,(H2,20,21,22)/b9-8+. The number of anilines is 1. The third-order valence-electron chi connectivity index (χ3n) is 2.95. The number of amides is 2. The number of benzene rings is 2. The highest BCUT2D eigenvalue weighted by molar-refractivity contribution is 5.90. The summed E-state index contributed by atoms with van der Waals surface area (Å²) < 4.78 is 39.2. The first-order valence-electron chi connectivity index (χ1n) is 6.42. The number of urea groups is 1. The molecule has 0 bridgehead atoms. The van der Waals surface area contributed by atoms with E-state index in [-0.39, 0.29) is 0 Å². The molecule has 0 aliphatic heterocycles. The van der Waals surface area contributed by atoms with Crippen molar-refractivity contribution in [2.75, 3.05) is 5.32 Å². The van der Waals surface area contributed by atoms with Gasteiger partial charge in [0.25, 0.3) is 0 Å². The van der Waals surface area contributed by atoms with Crippen molar-refractivity contribution in [1.29, 1.82) is 0 Å². The van der Waals surface area contributed by atoms with Crippen molar-refractivity contribution in [2.24, 2.45) is 0 Å². The van der Waals surface area contributed by atoms with Crippen LogP contribution in [0.25, 0.3) is 6.08 Å². The van der Waals surface area contributed by atoms with E-state index >= 15 is 0 Å². The fraction of sp³-hybridized carbons (Fsp3) is 0.0625. The lowest BCUT2D eigenvalue weighted by atomic mass is 10.1. The van der Waals surface area contributed by atoms with Crippen LogP contribution >= 0.6 is 0 Å². The van der Waals surface area contributed by atoms with Gasteiger partial charge in [0.15, 0.2) is 17.5 Å². The molecule has 0 atom stereocenters. The molecule has 0 heterocycles. The van der Waals surface area contributed by atoms with E-state index in [1.54, 1.807) is 6.08 Å². The second kappa shape index (κ2) is 6.80. The molecule has 2 aromatic rings. The monoisotopic (exact) mass is 306 g/mol. The summed E-state index contributed by atoms with van der Waals surface area (Å²) in [5.41, 5.74) is 1.48. The number of carbonyl (C=O) groups excluding carboxylic acids is 1. The molecule has 114 valence electrons.